The van der Waals surface area contributed by atoms with Crippen LogP contribution in [0, 0.1) is 0 Å². The molecular weight excluding hydrogens is 494 g/mol. The lowest BCUT2D eigenvalue weighted by molar-refractivity contribution is -0.137. The molecule has 2 fully saturated rings. The van der Waals surface area contributed by atoms with E-state index in [0.717, 1.165) is 63.1 Å². The average Bonchev–Trinajstić information content (AvgIpc) is 2.62. The molecule has 0 heterocycles. The molecule has 1 aromatic rings. The molecule has 2 aliphatic carbocycles. The second-order valence-electron chi connectivity index (χ2n) is 8.06. The van der Waals surface area contributed by atoms with Crippen LogP contribution in [-0.4, -0.2) is 36.3 Å². The van der Waals surface area contributed by atoms with Gasteiger partial charge in [-0.25, -0.2) is 0 Å². The highest BCUT2D eigenvalue weighted by Gasteiger charge is 2.40. The molecule has 0 unspecified atom stereocenters. The number of halogens is 4. The summed E-state index contributed by atoms with van der Waals surface area (Å²) >= 11 is 0. The van der Waals surface area contributed by atoms with Crippen LogP contribution in [0.25, 0.3) is 0 Å². The van der Waals surface area contributed by atoms with Gasteiger partial charge in [-0.1, -0.05) is 24.6 Å². The highest BCUT2D eigenvalue weighted by Crippen LogP contribution is 2.45. The second kappa shape index (κ2) is 10.3. The molecule has 0 saturated heterocycles. The van der Waals surface area contributed by atoms with Gasteiger partial charge >= 0.3 is 6.18 Å². The van der Waals surface area contributed by atoms with E-state index >= 15 is 0 Å². The molecule has 2 saturated carbocycles. The first-order chi connectivity index (χ1) is 13.3. The Labute approximate surface area is 187 Å². The number of alkyl halides is 3. The van der Waals surface area contributed by atoms with E-state index in [4.69, 9.17) is 4.99 Å². The van der Waals surface area contributed by atoms with Crippen LogP contribution in [0.2, 0.25) is 0 Å². The fraction of sp³-hybridized carbons (Fsp3) is 0.667. The van der Waals surface area contributed by atoms with Crippen molar-refractivity contribution in [3.8, 4) is 0 Å². The molecule has 8 heteroatoms. The maximum absolute atomic E-state index is 13.1. The maximum atomic E-state index is 13.1. The van der Waals surface area contributed by atoms with Crippen molar-refractivity contribution in [2.45, 2.75) is 75.6 Å². The van der Waals surface area contributed by atoms with E-state index in [1.165, 1.54) is 12.1 Å². The third-order valence-electron chi connectivity index (χ3n) is 6.03. The van der Waals surface area contributed by atoms with Crippen molar-refractivity contribution >= 4 is 29.9 Å². The molecule has 1 aromatic carbocycles. The number of rotatable bonds is 5. The first kappa shape index (κ1) is 24.2. The van der Waals surface area contributed by atoms with Gasteiger partial charge in [0.15, 0.2) is 5.96 Å². The number of hydrogen-bond acceptors (Lipinski definition) is 2. The monoisotopic (exact) mass is 525 g/mol. The van der Waals surface area contributed by atoms with Crippen LogP contribution in [0.4, 0.5) is 13.2 Å². The number of nitrogens with zero attached hydrogens (tertiary/aromatic N) is 1. The lowest BCUT2D eigenvalue weighted by Gasteiger charge is -2.41. The number of aliphatic hydroxyl groups excluding tert-OH is 1. The van der Waals surface area contributed by atoms with Crippen molar-refractivity contribution in [2.24, 2.45) is 4.99 Å². The molecule has 0 aromatic heterocycles. The highest BCUT2D eigenvalue weighted by molar-refractivity contribution is 14.0. The minimum Gasteiger partial charge on any atom is -0.393 e. The van der Waals surface area contributed by atoms with Crippen molar-refractivity contribution in [3.05, 3.63) is 35.4 Å². The maximum Gasteiger partial charge on any atom is 0.416 e. The summed E-state index contributed by atoms with van der Waals surface area (Å²) in [7, 11) is 0. The number of aliphatic imine (C=N–C) groups is 1. The summed E-state index contributed by atoms with van der Waals surface area (Å²) in [6, 6.07) is 5.98. The SMILES string of the molecule is CCNC(=NCC1(c2cccc(C(F)(F)F)c2)CCC1)NC1CCC(O)CC1.I. The number of benzene rings is 1. The topological polar surface area (TPSA) is 56.7 Å². The number of guanidine groups is 1. The Morgan fingerprint density at radius 2 is 1.90 bits per heavy atom. The Bertz CT molecular complexity index is 684. The standard InChI is InChI=1S/C21H30F3N3O.HI/c1-2-25-19(27-17-7-9-18(28)10-8-17)26-14-20(11-4-12-20)15-5-3-6-16(13-15)21(22,23)24;/h3,5-6,13,17-18,28H,2,4,7-12,14H2,1H3,(H2,25,26,27);1H. The van der Waals surface area contributed by atoms with E-state index in [1.807, 2.05) is 6.92 Å². The van der Waals surface area contributed by atoms with Gasteiger partial charge in [-0.2, -0.15) is 13.2 Å². The van der Waals surface area contributed by atoms with Gasteiger partial charge < -0.3 is 15.7 Å². The zero-order chi connectivity index (χ0) is 20.2. The van der Waals surface area contributed by atoms with Gasteiger partial charge in [0.25, 0.3) is 0 Å². The first-order valence-electron chi connectivity index (χ1n) is 10.2. The molecule has 0 atom stereocenters. The Morgan fingerprint density at radius 1 is 1.21 bits per heavy atom. The average molecular weight is 525 g/mol. The van der Waals surface area contributed by atoms with Gasteiger partial charge in [-0.3, -0.25) is 4.99 Å². The van der Waals surface area contributed by atoms with Gasteiger partial charge in [0.2, 0.25) is 0 Å². The van der Waals surface area contributed by atoms with Crippen LogP contribution in [0.3, 0.4) is 0 Å². The summed E-state index contributed by atoms with van der Waals surface area (Å²) in [6.45, 7) is 3.18. The Hall–Kier alpha value is -1.03. The molecule has 164 valence electrons. The lowest BCUT2D eigenvalue weighted by atomic mass is 9.64. The van der Waals surface area contributed by atoms with Gasteiger partial charge in [0.05, 0.1) is 18.2 Å². The summed E-state index contributed by atoms with van der Waals surface area (Å²) in [4.78, 5) is 4.74. The number of hydrogen-bond donors (Lipinski definition) is 3. The number of nitrogens with one attached hydrogen (secondary N) is 2. The third-order valence-corrected chi connectivity index (χ3v) is 6.03. The predicted molar refractivity (Wildman–Crippen MR) is 120 cm³/mol. The smallest absolute Gasteiger partial charge is 0.393 e. The molecule has 4 nitrogen and oxygen atoms in total. The quantitative estimate of drug-likeness (QED) is 0.299. The minimum absolute atomic E-state index is 0. The fourth-order valence-corrected chi connectivity index (χ4v) is 4.13. The van der Waals surface area contributed by atoms with Gasteiger partial charge in [0, 0.05) is 18.0 Å². The Balaban J connectivity index is 0.00000300. The molecule has 0 aliphatic heterocycles. The molecule has 3 rings (SSSR count). The highest BCUT2D eigenvalue weighted by atomic mass is 127. The fourth-order valence-electron chi connectivity index (χ4n) is 4.13. The molecule has 3 N–H and O–H groups in total. The van der Waals surface area contributed by atoms with Crippen LogP contribution in [-0.2, 0) is 11.6 Å². The zero-order valence-electron chi connectivity index (χ0n) is 16.8. The summed E-state index contributed by atoms with van der Waals surface area (Å²) in [6.07, 6.45) is 1.53. The van der Waals surface area contributed by atoms with Crippen LogP contribution in [0.15, 0.2) is 29.3 Å². The van der Waals surface area contributed by atoms with E-state index in [9.17, 15) is 18.3 Å². The predicted octanol–water partition coefficient (Wildman–Crippen LogP) is 4.60. The van der Waals surface area contributed by atoms with E-state index < -0.39 is 11.7 Å². The third kappa shape index (κ3) is 6.23. The lowest BCUT2D eigenvalue weighted by Crippen LogP contribution is -2.46. The number of aliphatic hydroxyl groups is 1. The molecule has 0 spiro atoms. The van der Waals surface area contributed by atoms with Crippen molar-refractivity contribution in [2.75, 3.05) is 13.1 Å². The van der Waals surface area contributed by atoms with Crippen molar-refractivity contribution in [1.82, 2.24) is 10.6 Å². The first-order valence-corrected chi connectivity index (χ1v) is 10.2. The molecule has 0 bridgehead atoms. The summed E-state index contributed by atoms with van der Waals surface area (Å²) in [5.74, 6) is 0.710. The summed E-state index contributed by atoms with van der Waals surface area (Å²) in [5.41, 5.74) is -0.174. The summed E-state index contributed by atoms with van der Waals surface area (Å²) < 4.78 is 39.3. The largest absolute Gasteiger partial charge is 0.416 e. The zero-order valence-corrected chi connectivity index (χ0v) is 19.1. The summed E-state index contributed by atoms with van der Waals surface area (Å²) in [5, 5.41) is 16.3. The molecule has 0 amide bonds. The van der Waals surface area contributed by atoms with Gasteiger partial charge in [-0.15, -0.1) is 24.0 Å². The van der Waals surface area contributed by atoms with Gasteiger partial charge in [-0.05, 0) is 57.1 Å². The van der Waals surface area contributed by atoms with Crippen molar-refractivity contribution < 1.29 is 18.3 Å². The Morgan fingerprint density at radius 3 is 2.45 bits per heavy atom. The van der Waals surface area contributed by atoms with Crippen molar-refractivity contribution in [1.29, 1.82) is 0 Å². The minimum atomic E-state index is -4.33. The van der Waals surface area contributed by atoms with Crippen LogP contribution in [0.1, 0.15) is 63.0 Å². The van der Waals surface area contributed by atoms with E-state index in [0.29, 0.717) is 12.5 Å². The van der Waals surface area contributed by atoms with Crippen molar-refractivity contribution in [3.63, 3.8) is 0 Å². The van der Waals surface area contributed by atoms with Gasteiger partial charge in [0.1, 0.15) is 0 Å². The molecule has 2 aliphatic rings. The van der Waals surface area contributed by atoms with E-state index in [-0.39, 0.29) is 41.5 Å². The van der Waals surface area contributed by atoms with Crippen LogP contribution in [0.5, 0.6) is 0 Å². The second-order valence-corrected chi connectivity index (χ2v) is 8.06. The van der Waals surface area contributed by atoms with E-state index in [2.05, 4.69) is 10.6 Å². The molecular formula is C21H31F3IN3O. The molecule has 29 heavy (non-hydrogen) atoms. The van der Waals surface area contributed by atoms with Crippen LogP contribution < -0.4 is 10.6 Å². The van der Waals surface area contributed by atoms with E-state index in [1.54, 1.807) is 6.07 Å². The van der Waals surface area contributed by atoms with Crippen LogP contribution >= 0.6 is 24.0 Å². The normalized spacial score (nSPS) is 24.2. The molecule has 0 radical (unpaired) electrons. The Kier molecular flexibility index (Phi) is 8.63.